The smallest absolute Gasteiger partial charge is 0.345 e. The zero-order chi connectivity index (χ0) is 37.0. The first-order valence-corrected chi connectivity index (χ1v) is 16.9. The largest absolute Gasteiger partial charge is 0.458 e. The average molecular weight is 697 g/mol. The molecule has 0 unspecified atom stereocenters. The maximum atomic E-state index is 13.7. The Morgan fingerprint density at radius 2 is 1.76 bits per heavy atom. The molecule has 0 aliphatic heterocycles. The summed E-state index contributed by atoms with van der Waals surface area (Å²) >= 11 is 0. The molecule has 2 saturated carbocycles. The van der Waals surface area contributed by atoms with Crippen LogP contribution in [0.1, 0.15) is 84.0 Å². The molecule has 0 bridgehead atoms. The minimum atomic E-state index is -2.08. The van der Waals surface area contributed by atoms with E-state index in [4.69, 9.17) is 19.7 Å². The van der Waals surface area contributed by atoms with Gasteiger partial charge < -0.3 is 29.5 Å². The van der Waals surface area contributed by atoms with Gasteiger partial charge in [0.25, 0.3) is 5.69 Å². The monoisotopic (exact) mass is 696 g/mol. The van der Waals surface area contributed by atoms with E-state index in [0.717, 1.165) is 12.1 Å². The van der Waals surface area contributed by atoms with Crippen molar-refractivity contribution in [2.75, 3.05) is 6.61 Å². The molecule has 0 heterocycles. The van der Waals surface area contributed by atoms with Crippen molar-refractivity contribution in [2.45, 2.75) is 103 Å². The van der Waals surface area contributed by atoms with E-state index in [1.165, 1.54) is 6.07 Å². The Bertz CT molecular complexity index is 1720. The molecule has 270 valence electrons. The van der Waals surface area contributed by atoms with E-state index in [1.54, 1.807) is 26.0 Å². The number of aliphatic hydroxyl groups excluding tert-OH is 1. The lowest BCUT2D eigenvalue weighted by atomic mass is 9.58. The SMILES string of the molecule is CCCC(=O)O[C@@H]1[C@@H](C)[C@]2(O)[C@@H]3C=C(C)[C@H](OC(=O)c4cc(N=[N+]=[N-])ccc4[N+](=O)[O-])[C@@]3(O)CC(CO)=C[C@H]2[C@@H]2C(C)(C)[C@]12OC(=O)CCC. The van der Waals surface area contributed by atoms with Gasteiger partial charge in [-0.2, -0.15) is 0 Å². The predicted octanol–water partition coefficient (Wildman–Crippen LogP) is 5.14. The van der Waals surface area contributed by atoms with Crippen molar-refractivity contribution in [1.82, 2.24) is 0 Å². The number of rotatable bonds is 11. The molecular formula is C35H44N4O11. The highest BCUT2D eigenvalue weighted by molar-refractivity contribution is 5.95. The van der Waals surface area contributed by atoms with Gasteiger partial charge in [-0.3, -0.25) is 19.7 Å². The predicted molar refractivity (Wildman–Crippen MR) is 176 cm³/mol. The summed E-state index contributed by atoms with van der Waals surface area (Å²) in [4.78, 5) is 53.6. The number of carbonyl (C=O) groups is 3. The Morgan fingerprint density at radius 3 is 2.36 bits per heavy atom. The molecule has 50 heavy (non-hydrogen) atoms. The molecule has 3 N–H and O–H groups in total. The Kier molecular flexibility index (Phi) is 9.69. The molecule has 5 rings (SSSR count). The van der Waals surface area contributed by atoms with Crippen LogP contribution >= 0.6 is 0 Å². The lowest BCUT2D eigenvalue weighted by molar-refractivity contribution is -0.385. The Labute approximate surface area is 289 Å². The molecular weight excluding hydrogens is 652 g/mol. The second kappa shape index (κ2) is 13.1. The van der Waals surface area contributed by atoms with Crippen molar-refractivity contribution in [2.24, 2.45) is 34.2 Å². The summed E-state index contributed by atoms with van der Waals surface area (Å²) in [5, 5.41) is 51.6. The third-order valence-electron chi connectivity index (χ3n) is 11.4. The first-order valence-electron chi connectivity index (χ1n) is 16.9. The minimum absolute atomic E-state index is 0.0766. The van der Waals surface area contributed by atoms with Crippen LogP contribution in [0.5, 0.6) is 0 Å². The van der Waals surface area contributed by atoms with Crippen molar-refractivity contribution >= 4 is 29.3 Å². The summed E-state index contributed by atoms with van der Waals surface area (Å²) in [6.07, 6.45) is 1.67. The third-order valence-corrected chi connectivity index (χ3v) is 11.4. The summed E-state index contributed by atoms with van der Waals surface area (Å²) in [5.41, 5.74) is 2.18. The second-order valence-electron chi connectivity index (χ2n) is 14.6. The minimum Gasteiger partial charge on any atom is -0.458 e. The van der Waals surface area contributed by atoms with Crippen LogP contribution in [0.15, 0.2) is 46.6 Å². The van der Waals surface area contributed by atoms with Gasteiger partial charge in [0.05, 0.1) is 17.1 Å². The highest BCUT2D eigenvalue weighted by atomic mass is 16.6. The van der Waals surface area contributed by atoms with Gasteiger partial charge in [-0.1, -0.05) is 51.9 Å². The zero-order valence-electron chi connectivity index (χ0n) is 29.0. The number of benzene rings is 1. The molecule has 2 fully saturated rings. The number of hydrogen-bond donors (Lipinski definition) is 3. The van der Waals surface area contributed by atoms with Gasteiger partial charge in [0.1, 0.15) is 17.3 Å². The molecule has 15 nitrogen and oxygen atoms in total. The molecule has 0 radical (unpaired) electrons. The number of nitro benzene ring substituents is 1. The first kappa shape index (κ1) is 37.0. The van der Waals surface area contributed by atoms with E-state index >= 15 is 0 Å². The van der Waals surface area contributed by atoms with Gasteiger partial charge in [-0.15, -0.1) is 0 Å². The van der Waals surface area contributed by atoms with E-state index in [0.29, 0.717) is 24.0 Å². The van der Waals surface area contributed by atoms with Gasteiger partial charge in [-0.05, 0) is 48.6 Å². The van der Waals surface area contributed by atoms with Gasteiger partial charge >= 0.3 is 17.9 Å². The van der Waals surface area contributed by atoms with Gasteiger partial charge in [-0.25, -0.2) is 4.79 Å². The van der Waals surface area contributed by atoms with Crippen LogP contribution in [-0.2, 0) is 23.8 Å². The molecule has 15 heteroatoms. The molecule has 0 amide bonds. The summed E-state index contributed by atoms with van der Waals surface area (Å²) in [6, 6.07) is 3.19. The fourth-order valence-corrected chi connectivity index (χ4v) is 9.15. The number of esters is 3. The van der Waals surface area contributed by atoms with Crippen molar-refractivity contribution in [3.63, 3.8) is 0 Å². The quantitative estimate of drug-likeness (QED) is 0.0401. The lowest BCUT2D eigenvalue weighted by Crippen LogP contribution is -2.66. The third kappa shape index (κ3) is 5.47. The van der Waals surface area contributed by atoms with Crippen LogP contribution < -0.4 is 0 Å². The van der Waals surface area contributed by atoms with E-state index in [9.17, 15) is 39.8 Å². The number of nitrogens with zero attached hydrogens (tertiary/aromatic N) is 4. The number of azide groups is 1. The maximum absolute atomic E-state index is 13.7. The number of aliphatic hydroxyl groups is 3. The topological polar surface area (TPSA) is 231 Å². The van der Waals surface area contributed by atoms with Crippen LogP contribution in [0.4, 0.5) is 11.4 Å². The number of hydrogen-bond acceptors (Lipinski definition) is 12. The molecule has 0 saturated heterocycles. The van der Waals surface area contributed by atoms with Crippen LogP contribution in [0.3, 0.4) is 0 Å². The first-order chi connectivity index (χ1) is 23.5. The van der Waals surface area contributed by atoms with Gasteiger partial charge in [0.15, 0.2) is 11.7 Å². The number of fused-ring (bicyclic) bond motifs is 5. The van der Waals surface area contributed by atoms with Gasteiger partial charge in [0.2, 0.25) is 0 Å². The van der Waals surface area contributed by atoms with E-state index in [2.05, 4.69) is 10.0 Å². The van der Waals surface area contributed by atoms with Crippen molar-refractivity contribution in [3.8, 4) is 0 Å². The second-order valence-corrected chi connectivity index (χ2v) is 14.6. The lowest BCUT2D eigenvalue weighted by Gasteiger charge is -2.53. The van der Waals surface area contributed by atoms with Crippen LogP contribution in [0, 0.1) is 39.2 Å². The molecule has 0 aromatic heterocycles. The Hall–Kier alpha value is -4.30. The van der Waals surface area contributed by atoms with Crippen molar-refractivity contribution < 1.29 is 48.8 Å². The summed E-state index contributed by atoms with van der Waals surface area (Å²) in [5.74, 6) is -5.78. The summed E-state index contributed by atoms with van der Waals surface area (Å²) in [7, 11) is 0. The fourth-order valence-electron chi connectivity index (χ4n) is 9.15. The number of nitro groups is 1. The van der Waals surface area contributed by atoms with E-state index < -0.39 is 98.8 Å². The molecule has 1 aromatic rings. The maximum Gasteiger partial charge on any atom is 0.345 e. The Balaban J connectivity index is 1.62. The number of ether oxygens (including phenoxy) is 3. The molecule has 0 spiro atoms. The normalized spacial score (nSPS) is 34.7. The van der Waals surface area contributed by atoms with Gasteiger partial charge in [0, 0.05) is 65.0 Å². The number of carbonyl (C=O) groups excluding carboxylic acids is 3. The molecule has 1 aromatic carbocycles. The summed E-state index contributed by atoms with van der Waals surface area (Å²) in [6.45, 7) is 10.1. The van der Waals surface area contributed by atoms with Crippen LogP contribution in [0.2, 0.25) is 0 Å². The van der Waals surface area contributed by atoms with E-state index in [1.807, 2.05) is 27.7 Å². The van der Waals surface area contributed by atoms with E-state index in [-0.39, 0.29) is 24.9 Å². The molecule has 9 atom stereocenters. The average Bonchev–Trinajstić information content (AvgIpc) is 3.46. The highest BCUT2D eigenvalue weighted by Crippen LogP contribution is 2.77. The van der Waals surface area contributed by atoms with Crippen LogP contribution in [0.25, 0.3) is 10.4 Å². The molecule has 4 aliphatic carbocycles. The Morgan fingerprint density at radius 1 is 1.10 bits per heavy atom. The molecule has 4 aliphatic rings. The van der Waals surface area contributed by atoms with Crippen LogP contribution in [-0.4, -0.2) is 73.8 Å². The van der Waals surface area contributed by atoms with Crippen molar-refractivity contribution in [3.05, 3.63) is 67.6 Å². The van der Waals surface area contributed by atoms with Crippen molar-refractivity contribution in [1.29, 1.82) is 0 Å². The summed E-state index contributed by atoms with van der Waals surface area (Å²) < 4.78 is 18.2. The standard InChI is InChI=1S/C35H44N4O11/c1-7-9-26(41)48-30-19(4)34(45)23(28-32(5,6)35(28,30)50-27(42)10-8-2)14-20(17-40)16-33(44)25(34)13-18(3)29(33)49-31(43)22-15-21(37-38-36)11-12-24(22)39(46)47/h11-15,19,23,25,28-30,40,44-45H,7-10,16-17H2,1-6H3/t19-,23+,25-,28-,29+,30-,33-,34-,35-/m1/s1. The fraction of sp³-hybridized carbons (Fsp3) is 0.629. The zero-order valence-corrected chi connectivity index (χ0v) is 29.0. The highest BCUT2D eigenvalue weighted by Gasteiger charge is 2.88.